The van der Waals surface area contributed by atoms with Gasteiger partial charge in [-0.2, -0.15) is 0 Å². The Kier molecular flexibility index (Phi) is 4.90. The van der Waals surface area contributed by atoms with E-state index in [1.54, 1.807) is 13.0 Å². The highest BCUT2D eigenvalue weighted by Crippen LogP contribution is 1.95. The third-order valence-electron chi connectivity index (χ3n) is 2.25. The molecule has 1 aromatic heterocycles. The van der Waals surface area contributed by atoms with Crippen LogP contribution in [0.2, 0.25) is 0 Å². The fourth-order valence-corrected chi connectivity index (χ4v) is 1.39. The first kappa shape index (κ1) is 13.4. The lowest BCUT2D eigenvalue weighted by molar-refractivity contribution is 0.0870. The molecule has 0 aliphatic heterocycles. The highest BCUT2D eigenvalue weighted by Gasteiger charge is 2.12. The Morgan fingerprint density at radius 1 is 1.53 bits per heavy atom. The molecule has 0 spiro atoms. The van der Waals surface area contributed by atoms with Crippen molar-refractivity contribution in [2.75, 3.05) is 13.2 Å². The second-order valence-electron chi connectivity index (χ2n) is 3.92. The summed E-state index contributed by atoms with van der Waals surface area (Å²) in [7, 11) is 0. The van der Waals surface area contributed by atoms with Crippen molar-refractivity contribution >= 4 is 5.91 Å². The van der Waals surface area contributed by atoms with Crippen molar-refractivity contribution in [3.8, 4) is 0 Å². The number of ether oxygens (including phenoxy) is 1. The summed E-state index contributed by atoms with van der Waals surface area (Å²) in [6.45, 7) is 6.52. The second-order valence-corrected chi connectivity index (χ2v) is 3.92. The van der Waals surface area contributed by atoms with Crippen molar-refractivity contribution in [3.05, 3.63) is 33.7 Å². The zero-order valence-corrected chi connectivity index (χ0v) is 10.4. The number of rotatable bonds is 5. The number of H-pyrrole nitrogens is 1. The maximum atomic E-state index is 11.8. The molecular formula is C12H18N2O3. The van der Waals surface area contributed by atoms with E-state index in [0.717, 1.165) is 5.69 Å². The first-order chi connectivity index (χ1) is 8.04. The van der Waals surface area contributed by atoms with E-state index < -0.39 is 0 Å². The monoisotopic (exact) mass is 238 g/mol. The van der Waals surface area contributed by atoms with Crippen molar-refractivity contribution in [1.82, 2.24) is 10.3 Å². The summed E-state index contributed by atoms with van der Waals surface area (Å²) in [5.41, 5.74) is 0.485. The molecule has 2 N–H and O–H groups in total. The highest BCUT2D eigenvalue weighted by atomic mass is 16.5. The van der Waals surface area contributed by atoms with Gasteiger partial charge < -0.3 is 15.0 Å². The predicted octanol–water partition coefficient (Wildman–Crippen LogP) is 0.838. The zero-order chi connectivity index (χ0) is 12.8. The Morgan fingerprint density at radius 3 is 2.82 bits per heavy atom. The fraction of sp³-hybridized carbons (Fsp3) is 0.500. The largest absolute Gasteiger partial charge is 0.380 e. The van der Waals surface area contributed by atoms with Crippen molar-refractivity contribution < 1.29 is 9.53 Å². The summed E-state index contributed by atoms with van der Waals surface area (Å²) >= 11 is 0. The van der Waals surface area contributed by atoms with Gasteiger partial charge in [0.25, 0.3) is 11.5 Å². The van der Waals surface area contributed by atoms with Crippen LogP contribution >= 0.6 is 0 Å². The number of aryl methyl sites for hydroxylation is 1. The number of nitrogens with one attached hydrogen (secondary N) is 2. The molecule has 0 aliphatic carbocycles. The van der Waals surface area contributed by atoms with Gasteiger partial charge in [0.1, 0.15) is 5.56 Å². The molecule has 94 valence electrons. The number of carbonyl (C=O) groups excluding carboxylic acids is 1. The molecule has 5 nitrogen and oxygen atoms in total. The molecule has 17 heavy (non-hydrogen) atoms. The number of aromatic amines is 1. The van der Waals surface area contributed by atoms with Gasteiger partial charge in [-0.15, -0.1) is 0 Å². The number of carbonyl (C=O) groups is 1. The van der Waals surface area contributed by atoms with Crippen molar-refractivity contribution in [2.24, 2.45) is 0 Å². The van der Waals surface area contributed by atoms with Crippen LogP contribution in [0, 0.1) is 6.92 Å². The Morgan fingerprint density at radius 2 is 2.24 bits per heavy atom. The average molecular weight is 238 g/mol. The molecule has 0 saturated carbocycles. The molecule has 0 fully saturated rings. The maximum absolute atomic E-state index is 11.8. The van der Waals surface area contributed by atoms with Crippen LogP contribution in [0.4, 0.5) is 0 Å². The molecule has 1 amide bonds. The van der Waals surface area contributed by atoms with Gasteiger partial charge in [0.05, 0.1) is 6.61 Å². The van der Waals surface area contributed by atoms with Crippen molar-refractivity contribution in [1.29, 1.82) is 0 Å². The van der Waals surface area contributed by atoms with Gasteiger partial charge in [0.15, 0.2) is 0 Å². The Balaban J connectivity index is 2.67. The summed E-state index contributed by atoms with van der Waals surface area (Å²) in [5.74, 6) is -0.376. The van der Waals surface area contributed by atoms with Gasteiger partial charge >= 0.3 is 0 Å². The maximum Gasteiger partial charge on any atom is 0.260 e. The van der Waals surface area contributed by atoms with E-state index >= 15 is 0 Å². The molecule has 1 atom stereocenters. The molecule has 1 unspecified atom stereocenters. The number of hydrogen-bond acceptors (Lipinski definition) is 3. The molecule has 0 aromatic carbocycles. The van der Waals surface area contributed by atoms with E-state index in [1.165, 1.54) is 6.07 Å². The van der Waals surface area contributed by atoms with Gasteiger partial charge in [0, 0.05) is 18.3 Å². The van der Waals surface area contributed by atoms with Crippen LogP contribution in [0.3, 0.4) is 0 Å². The number of hydrogen-bond donors (Lipinski definition) is 2. The van der Waals surface area contributed by atoms with Crippen LogP contribution in [-0.4, -0.2) is 30.1 Å². The predicted molar refractivity (Wildman–Crippen MR) is 65.2 cm³/mol. The summed E-state index contributed by atoms with van der Waals surface area (Å²) in [6, 6.07) is 3.10. The van der Waals surface area contributed by atoms with E-state index in [-0.39, 0.29) is 23.1 Å². The molecule has 0 radical (unpaired) electrons. The van der Waals surface area contributed by atoms with Crippen LogP contribution in [0.25, 0.3) is 0 Å². The minimum absolute atomic E-state index is 0.122. The molecule has 1 aromatic rings. The van der Waals surface area contributed by atoms with Crippen LogP contribution in [0.15, 0.2) is 16.9 Å². The average Bonchev–Trinajstić information content (AvgIpc) is 2.26. The van der Waals surface area contributed by atoms with E-state index in [4.69, 9.17) is 4.74 Å². The van der Waals surface area contributed by atoms with Gasteiger partial charge in [0.2, 0.25) is 0 Å². The van der Waals surface area contributed by atoms with E-state index in [9.17, 15) is 9.59 Å². The summed E-state index contributed by atoms with van der Waals surface area (Å²) < 4.78 is 5.18. The smallest absolute Gasteiger partial charge is 0.260 e. The van der Waals surface area contributed by atoms with Crippen molar-refractivity contribution in [2.45, 2.75) is 26.8 Å². The van der Waals surface area contributed by atoms with E-state index in [2.05, 4.69) is 10.3 Å². The lowest BCUT2D eigenvalue weighted by atomic mass is 10.2. The lowest BCUT2D eigenvalue weighted by Crippen LogP contribution is -2.38. The lowest BCUT2D eigenvalue weighted by Gasteiger charge is -2.13. The van der Waals surface area contributed by atoms with Gasteiger partial charge in [-0.1, -0.05) is 0 Å². The minimum Gasteiger partial charge on any atom is -0.380 e. The Hall–Kier alpha value is -1.62. The van der Waals surface area contributed by atoms with Crippen LogP contribution in [0.1, 0.15) is 29.9 Å². The summed E-state index contributed by atoms with van der Waals surface area (Å²) in [6.07, 6.45) is 0. The molecule has 1 heterocycles. The fourth-order valence-electron chi connectivity index (χ4n) is 1.39. The first-order valence-electron chi connectivity index (χ1n) is 5.63. The number of amides is 1. The molecule has 0 saturated heterocycles. The second kappa shape index (κ2) is 6.20. The van der Waals surface area contributed by atoms with Crippen molar-refractivity contribution in [3.63, 3.8) is 0 Å². The summed E-state index contributed by atoms with van der Waals surface area (Å²) in [4.78, 5) is 25.9. The molecule has 0 bridgehead atoms. The third kappa shape index (κ3) is 4.03. The number of aromatic nitrogens is 1. The SMILES string of the molecule is CCOCC(C)NC(=O)c1ccc(C)[nH]c1=O. The molecule has 5 heteroatoms. The van der Waals surface area contributed by atoms with E-state index in [1.807, 2.05) is 13.8 Å². The summed E-state index contributed by atoms with van der Waals surface area (Å²) in [5, 5.41) is 2.71. The topological polar surface area (TPSA) is 71.2 Å². The number of pyridine rings is 1. The normalized spacial score (nSPS) is 12.2. The van der Waals surface area contributed by atoms with Gasteiger partial charge in [-0.05, 0) is 32.9 Å². The van der Waals surface area contributed by atoms with Gasteiger partial charge in [-0.25, -0.2) is 0 Å². The quantitative estimate of drug-likeness (QED) is 0.798. The molecule has 0 aliphatic rings. The highest BCUT2D eigenvalue weighted by molar-refractivity contribution is 5.93. The van der Waals surface area contributed by atoms with Crippen LogP contribution in [-0.2, 0) is 4.74 Å². The molecular weight excluding hydrogens is 220 g/mol. The zero-order valence-electron chi connectivity index (χ0n) is 10.4. The van der Waals surface area contributed by atoms with Crippen LogP contribution < -0.4 is 10.9 Å². The minimum atomic E-state index is -0.376. The Bertz CT molecular complexity index is 440. The molecule has 1 rings (SSSR count). The third-order valence-corrected chi connectivity index (χ3v) is 2.25. The van der Waals surface area contributed by atoms with E-state index in [0.29, 0.717) is 13.2 Å². The van der Waals surface area contributed by atoms with Crippen LogP contribution in [0.5, 0.6) is 0 Å². The standard InChI is InChI=1S/C12H18N2O3/c1-4-17-7-9(3)14-12(16)10-6-5-8(2)13-11(10)15/h5-6,9H,4,7H2,1-3H3,(H,13,15)(H,14,16). The Labute approximate surface area is 100 Å². The van der Waals surface area contributed by atoms with Gasteiger partial charge in [-0.3, -0.25) is 9.59 Å². The first-order valence-corrected chi connectivity index (χ1v) is 5.63.